The largest absolute Gasteiger partial charge is 0.314 e. The quantitative estimate of drug-likeness (QED) is 0.517. The van der Waals surface area contributed by atoms with Crippen LogP contribution in [-0.2, 0) is 0 Å². The standard InChI is InChI=1S/C4H10N4O2/c1-5-3-4(6-2,7-9)8-10/h5-6H,3H2,1-2H3. The number of hydrogen-bond acceptors (Lipinski definition) is 6. The lowest BCUT2D eigenvalue weighted by Crippen LogP contribution is -2.46. The zero-order valence-corrected chi connectivity index (χ0v) is 5.92. The minimum Gasteiger partial charge on any atom is -0.314 e. The molecule has 0 rings (SSSR count). The normalized spacial score (nSPS) is 11.0. The Morgan fingerprint density at radius 2 is 1.80 bits per heavy atom. The van der Waals surface area contributed by atoms with Crippen molar-refractivity contribution in [2.45, 2.75) is 5.79 Å². The van der Waals surface area contributed by atoms with Crippen molar-refractivity contribution in [1.29, 1.82) is 0 Å². The van der Waals surface area contributed by atoms with E-state index in [2.05, 4.69) is 21.0 Å². The molecular weight excluding hydrogens is 136 g/mol. The van der Waals surface area contributed by atoms with Gasteiger partial charge in [-0.3, -0.25) is 5.32 Å². The number of likely N-dealkylation sites (N-methyl/N-ethyl adjacent to an activating group) is 2. The van der Waals surface area contributed by atoms with E-state index in [1.54, 1.807) is 7.05 Å². The van der Waals surface area contributed by atoms with Crippen LogP contribution in [0.1, 0.15) is 0 Å². The van der Waals surface area contributed by atoms with Gasteiger partial charge in [-0.05, 0) is 24.4 Å². The molecule has 0 heterocycles. The van der Waals surface area contributed by atoms with Gasteiger partial charge in [0, 0.05) is 0 Å². The van der Waals surface area contributed by atoms with Crippen molar-refractivity contribution in [3.8, 4) is 0 Å². The third-order valence-corrected chi connectivity index (χ3v) is 1.13. The molecule has 0 saturated carbocycles. The van der Waals surface area contributed by atoms with Crippen LogP contribution in [0.2, 0.25) is 0 Å². The first-order chi connectivity index (χ1) is 4.74. The zero-order valence-electron chi connectivity index (χ0n) is 5.92. The molecule has 0 fully saturated rings. The first kappa shape index (κ1) is 9.12. The summed E-state index contributed by atoms with van der Waals surface area (Å²) in [6, 6.07) is 0. The van der Waals surface area contributed by atoms with Gasteiger partial charge in [-0.15, -0.1) is 9.81 Å². The molecule has 10 heavy (non-hydrogen) atoms. The summed E-state index contributed by atoms with van der Waals surface area (Å²) in [5, 5.41) is 10.1. The van der Waals surface area contributed by atoms with Crippen molar-refractivity contribution in [2.75, 3.05) is 20.6 Å². The van der Waals surface area contributed by atoms with E-state index >= 15 is 0 Å². The predicted molar refractivity (Wildman–Crippen MR) is 37.3 cm³/mol. The van der Waals surface area contributed by atoms with Gasteiger partial charge in [0.25, 0.3) is 5.79 Å². The molecule has 0 aromatic carbocycles. The van der Waals surface area contributed by atoms with Crippen molar-refractivity contribution in [3.63, 3.8) is 0 Å². The number of nitrogens with one attached hydrogen (secondary N) is 2. The molecule has 2 N–H and O–H groups in total. The highest BCUT2D eigenvalue weighted by Gasteiger charge is 2.29. The van der Waals surface area contributed by atoms with Crippen molar-refractivity contribution in [3.05, 3.63) is 9.81 Å². The van der Waals surface area contributed by atoms with E-state index in [1.165, 1.54) is 7.05 Å². The van der Waals surface area contributed by atoms with Crippen LogP contribution in [0, 0.1) is 9.81 Å². The number of nitrogens with zero attached hydrogens (tertiary/aromatic N) is 2. The molecular formula is C4H10N4O2. The Morgan fingerprint density at radius 3 is 1.90 bits per heavy atom. The highest BCUT2D eigenvalue weighted by Crippen LogP contribution is 2.04. The number of nitroso groups, excluding NO2 is 2. The van der Waals surface area contributed by atoms with E-state index in [0.29, 0.717) is 0 Å². The second-order valence-corrected chi connectivity index (χ2v) is 1.78. The van der Waals surface area contributed by atoms with Crippen LogP contribution in [0.4, 0.5) is 0 Å². The average molecular weight is 146 g/mol. The second kappa shape index (κ2) is 4.02. The Morgan fingerprint density at radius 1 is 1.30 bits per heavy atom. The predicted octanol–water partition coefficient (Wildman–Crippen LogP) is -0.388. The monoisotopic (exact) mass is 146 g/mol. The molecule has 6 nitrogen and oxygen atoms in total. The summed E-state index contributed by atoms with van der Waals surface area (Å²) < 4.78 is 0. The smallest absolute Gasteiger partial charge is 0.296 e. The highest BCUT2D eigenvalue weighted by atomic mass is 16.3. The van der Waals surface area contributed by atoms with Crippen LogP contribution in [0.15, 0.2) is 10.4 Å². The van der Waals surface area contributed by atoms with E-state index in [0.717, 1.165) is 0 Å². The summed E-state index contributed by atoms with van der Waals surface area (Å²) in [6.45, 7) is 0.0938. The summed E-state index contributed by atoms with van der Waals surface area (Å²) in [5.41, 5.74) is 0. The van der Waals surface area contributed by atoms with Gasteiger partial charge in [-0.2, -0.15) is 0 Å². The number of hydrogen-bond donors (Lipinski definition) is 2. The summed E-state index contributed by atoms with van der Waals surface area (Å²) >= 11 is 0. The summed E-state index contributed by atoms with van der Waals surface area (Å²) in [4.78, 5) is 20.1. The minimum atomic E-state index is -1.55. The summed E-state index contributed by atoms with van der Waals surface area (Å²) in [6.07, 6.45) is 0. The molecule has 0 aromatic rings. The van der Waals surface area contributed by atoms with Crippen molar-refractivity contribution in [1.82, 2.24) is 10.6 Å². The SMILES string of the molecule is CNCC(N=O)(N=O)NC. The fourth-order valence-corrected chi connectivity index (χ4v) is 0.507. The molecule has 6 heteroatoms. The first-order valence-electron chi connectivity index (χ1n) is 2.77. The van der Waals surface area contributed by atoms with Gasteiger partial charge in [0.15, 0.2) is 0 Å². The molecule has 0 unspecified atom stereocenters. The van der Waals surface area contributed by atoms with Gasteiger partial charge in [0.05, 0.1) is 6.54 Å². The highest BCUT2D eigenvalue weighted by molar-refractivity contribution is 4.81. The average Bonchev–Trinajstić information content (AvgIpc) is 2.01. The third kappa shape index (κ3) is 1.82. The second-order valence-electron chi connectivity index (χ2n) is 1.78. The van der Waals surface area contributed by atoms with Crippen LogP contribution in [0.25, 0.3) is 0 Å². The lowest BCUT2D eigenvalue weighted by atomic mass is 10.4. The lowest BCUT2D eigenvalue weighted by molar-refractivity contribution is 0.363. The first-order valence-corrected chi connectivity index (χ1v) is 2.77. The van der Waals surface area contributed by atoms with Gasteiger partial charge in [0.2, 0.25) is 0 Å². The van der Waals surface area contributed by atoms with Gasteiger partial charge in [0.1, 0.15) is 0 Å². The Balaban J connectivity index is 4.14. The Kier molecular flexibility index (Phi) is 3.67. The third-order valence-electron chi connectivity index (χ3n) is 1.13. The maximum Gasteiger partial charge on any atom is 0.296 e. The van der Waals surface area contributed by atoms with E-state index in [4.69, 9.17) is 0 Å². The van der Waals surface area contributed by atoms with Gasteiger partial charge in [-0.1, -0.05) is 0 Å². The van der Waals surface area contributed by atoms with Crippen LogP contribution in [-0.4, -0.2) is 26.4 Å². The Bertz CT molecular complexity index is 118. The van der Waals surface area contributed by atoms with E-state index < -0.39 is 5.79 Å². The van der Waals surface area contributed by atoms with Crippen molar-refractivity contribution in [2.24, 2.45) is 10.4 Å². The maximum absolute atomic E-state index is 10.0. The fraction of sp³-hybridized carbons (Fsp3) is 1.00. The molecule has 0 atom stereocenters. The maximum atomic E-state index is 10.0. The fourth-order valence-electron chi connectivity index (χ4n) is 0.507. The van der Waals surface area contributed by atoms with Gasteiger partial charge < -0.3 is 5.32 Å². The van der Waals surface area contributed by atoms with E-state index in [-0.39, 0.29) is 6.54 Å². The molecule has 0 amide bonds. The molecule has 0 radical (unpaired) electrons. The van der Waals surface area contributed by atoms with Gasteiger partial charge >= 0.3 is 0 Å². The molecule has 0 aliphatic heterocycles. The van der Waals surface area contributed by atoms with Crippen molar-refractivity contribution >= 4 is 0 Å². The topological polar surface area (TPSA) is 82.9 Å². The molecule has 0 aliphatic carbocycles. The molecule has 0 aromatic heterocycles. The van der Waals surface area contributed by atoms with Crippen LogP contribution < -0.4 is 10.6 Å². The minimum absolute atomic E-state index is 0.0938. The van der Waals surface area contributed by atoms with Crippen LogP contribution in [0.5, 0.6) is 0 Å². The Labute approximate surface area is 58.3 Å². The van der Waals surface area contributed by atoms with Crippen LogP contribution >= 0.6 is 0 Å². The Hall–Kier alpha value is -0.880. The number of rotatable bonds is 5. The van der Waals surface area contributed by atoms with E-state index in [1.807, 2.05) is 0 Å². The zero-order chi connectivity index (χ0) is 8.04. The molecule has 0 spiro atoms. The van der Waals surface area contributed by atoms with Crippen molar-refractivity contribution < 1.29 is 0 Å². The summed E-state index contributed by atoms with van der Waals surface area (Å²) in [5.74, 6) is -1.55. The molecule has 0 saturated heterocycles. The molecule has 58 valence electrons. The van der Waals surface area contributed by atoms with Crippen LogP contribution in [0.3, 0.4) is 0 Å². The lowest BCUT2D eigenvalue weighted by Gasteiger charge is -2.15. The molecule has 0 bridgehead atoms. The van der Waals surface area contributed by atoms with Gasteiger partial charge in [-0.25, -0.2) is 0 Å². The summed E-state index contributed by atoms with van der Waals surface area (Å²) in [7, 11) is 3.04. The molecule has 0 aliphatic rings. The van der Waals surface area contributed by atoms with E-state index in [9.17, 15) is 9.81 Å².